The summed E-state index contributed by atoms with van der Waals surface area (Å²) in [5.41, 5.74) is 3.56. The molecule has 1 aromatic carbocycles. The Hall–Kier alpha value is -1.38. The standard InChI is InChI=1S/C26H31ClO2/c1-25-11-9-20(28)15-18(25)5-8-21-22(25)10-12-26(2)23(21)14-17(24(26)29)13-16-3-6-19(27)7-4-16/h3-7,13,20-23,28H,8-12,14-15H2,1-2H3/b17-13+/t20-,21+,22-,23-,25+,26+/m1/s1. The first-order valence-electron chi connectivity index (χ1n) is 11.2. The Morgan fingerprint density at radius 2 is 1.76 bits per heavy atom. The second-order valence-electron chi connectivity index (χ2n) is 10.4. The molecule has 4 aliphatic carbocycles. The van der Waals surface area contributed by atoms with Gasteiger partial charge in [0.2, 0.25) is 0 Å². The molecular weight excluding hydrogens is 380 g/mol. The molecule has 6 atom stereocenters. The maximum absolute atomic E-state index is 13.5. The summed E-state index contributed by atoms with van der Waals surface area (Å²) >= 11 is 6.02. The van der Waals surface area contributed by atoms with Gasteiger partial charge in [0.1, 0.15) is 0 Å². The lowest BCUT2D eigenvalue weighted by Crippen LogP contribution is -2.50. The number of carbonyl (C=O) groups excluding carboxylic acids is 1. The Bertz CT molecular complexity index is 898. The fourth-order valence-corrected chi connectivity index (χ4v) is 7.33. The highest BCUT2D eigenvalue weighted by Crippen LogP contribution is 2.64. The highest BCUT2D eigenvalue weighted by molar-refractivity contribution is 6.30. The van der Waals surface area contributed by atoms with Gasteiger partial charge in [-0.1, -0.05) is 49.2 Å². The molecule has 3 saturated carbocycles. The van der Waals surface area contributed by atoms with Crippen LogP contribution in [0, 0.1) is 28.6 Å². The van der Waals surface area contributed by atoms with Crippen molar-refractivity contribution in [3.63, 3.8) is 0 Å². The van der Waals surface area contributed by atoms with E-state index in [0.29, 0.717) is 23.5 Å². The molecule has 29 heavy (non-hydrogen) atoms. The summed E-state index contributed by atoms with van der Waals surface area (Å²) in [6.45, 7) is 4.66. The van der Waals surface area contributed by atoms with Crippen LogP contribution in [0.4, 0.5) is 0 Å². The molecular formula is C26H31ClO2. The highest BCUT2D eigenvalue weighted by Gasteiger charge is 2.59. The molecule has 4 aliphatic rings. The second-order valence-corrected chi connectivity index (χ2v) is 10.8. The van der Waals surface area contributed by atoms with Gasteiger partial charge in [0.05, 0.1) is 6.10 Å². The fraction of sp³-hybridized carbons (Fsp3) is 0.577. The van der Waals surface area contributed by atoms with Crippen LogP contribution in [0.3, 0.4) is 0 Å². The Labute approximate surface area is 179 Å². The number of Topliss-reactive ketones (excluding diaryl/α,β-unsaturated/α-hetero) is 1. The zero-order valence-corrected chi connectivity index (χ0v) is 18.2. The molecule has 2 nitrogen and oxygen atoms in total. The van der Waals surface area contributed by atoms with E-state index in [2.05, 4.69) is 26.0 Å². The Kier molecular flexibility index (Phi) is 4.60. The Balaban J connectivity index is 1.47. The minimum atomic E-state index is -0.213. The average molecular weight is 411 g/mol. The molecule has 0 aromatic heterocycles. The number of benzene rings is 1. The third kappa shape index (κ3) is 2.98. The maximum Gasteiger partial charge on any atom is 0.165 e. The number of aliphatic hydroxyl groups excluding tert-OH is 1. The van der Waals surface area contributed by atoms with Crippen molar-refractivity contribution in [2.45, 2.75) is 64.9 Å². The number of halogens is 1. The third-order valence-electron chi connectivity index (χ3n) is 8.93. The molecule has 0 amide bonds. The van der Waals surface area contributed by atoms with Crippen LogP contribution in [0.15, 0.2) is 41.5 Å². The van der Waals surface area contributed by atoms with Crippen molar-refractivity contribution < 1.29 is 9.90 Å². The summed E-state index contributed by atoms with van der Waals surface area (Å²) < 4.78 is 0. The Morgan fingerprint density at radius 3 is 2.52 bits per heavy atom. The number of aliphatic hydroxyl groups is 1. The number of allylic oxidation sites excluding steroid dienone is 2. The minimum Gasteiger partial charge on any atom is -0.393 e. The quantitative estimate of drug-likeness (QED) is 0.440. The molecule has 5 rings (SSSR count). The lowest BCUT2D eigenvalue weighted by Gasteiger charge is -2.56. The van der Waals surface area contributed by atoms with Crippen LogP contribution in [-0.4, -0.2) is 17.0 Å². The number of carbonyl (C=O) groups is 1. The number of ketones is 1. The largest absolute Gasteiger partial charge is 0.393 e. The average Bonchev–Trinajstić information content (AvgIpc) is 2.95. The number of hydrogen-bond donors (Lipinski definition) is 1. The predicted octanol–water partition coefficient (Wildman–Crippen LogP) is 6.23. The first-order valence-corrected chi connectivity index (χ1v) is 11.6. The SMILES string of the molecule is C[C@]12CC[C@@H](O)CC1=CC[C@H]1[C@H]2CC[C@]2(C)C(=O)/C(=C/c3ccc(Cl)cc3)C[C@H]12. The van der Waals surface area contributed by atoms with Crippen molar-refractivity contribution in [1.29, 1.82) is 0 Å². The number of hydrogen-bond acceptors (Lipinski definition) is 2. The van der Waals surface area contributed by atoms with Crippen LogP contribution in [-0.2, 0) is 4.79 Å². The van der Waals surface area contributed by atoms with Crippen LogP contribution >= 0.6 is 11.6 Å². The topological polar surface area (TPSA) is 37.3 Å². The third-order valence-corrected chi connectivity index (χ3v) is 9.18. The molecule has 154 valence electrons. The van der Waals surface area contributed by atoms with Gasteiger partial charge in [0, 0.05) is 10.4 Å². The van der Waals surface area contributed by atoms with E-state index in [1.54, 1.807) is 0 Å². The summed E-state index contributed by atoms with van der Waals surface area (Å²) in [6.07, 6.45) is 11.3. The van der Waals surface area contributed by atoms with E-state index < -0.39 is 0 Å². The van der Waals surface area contributed by atoms with Crippen molar-refractivity contribution in [1.82, 2.24) is 0 Å². The van der Waals surface area contributed by atoms with Gasteiger partial charge >= 0.3 is 0 Å². The summed E-state index contributed by atoms with van der Waals surface area (Å²) in [4.78, 5) is 13.5. The van der Waals surface area contributed by atoms with Gasteiger partial charge in [-0.25, -0.2) is 0 Å². The van der Waals surface area contributed by atoms with E-state index in [9.17, 15) is 9.90 Å². The van der Waals surface area contributed by atoms with Crippen molar-refractivity contribution in [2.75, 3.05) is 0 Å². The molecule has 1 N–H and O–H groups in total. The minimum absolute atomic E-state index is 0.165. The first-order chi connectivity index (χ1) is 13.8. The monoisotopic (exact) mass is 410 g/mol. The van der Waals surface area contributed by atoms with Crippen molar-refractivity contribution >= 4 is 23.5 Å². The van der Waals surface area contributed by atoms with Gasteiger partial charge in [-0.15, -0.1) is 0 Å². The Morgan fingerprint density at radius 1 is 1.03 bits per heavy atom. The molecule has 0 spiro atoms. The fourth-order valence-electron chi connectivity index (χ4n) is 7.20. The molecule has 0 bridgehead atoms. The molecule has 1 aromatic rings. The summed E-state index contributed by atoms with van der Waals surface area (Å²) in [6, 6.07) is 7.79. The van der Waals surface area contributed by atoms with Crippen LogP contribution in [0.5, 0.6) is 0 Å². The summed E-state index contributed by atoms with van der Waals surface area (Å²) in [7, 11) is 0. The van der Waals surface area contributed by atoms with Crippen molar-refractivity contribution in [2.24, 2.45) is 28.6 Å². The molecule has 3 heteroatoms. The summed E-state index contributed by atoms with van der Waals surface area (Å²) in [5.74, 6) is 2.04. The predicted molar refractivity (Wildman–Crippen MR) is 118 cm³/mol. The van der Waals surface area contributed by atoms with Gasteiger partial charge in [-0.3, -0.25) is 4.79 Å². The smallest absolute Gasteiger partial charge is 0.165 e. The zero-order chi connectivity index (χ0) is 20.4. The molecule has 0 unspecified atom stereocenters. The van der Waals surface area contributed by atoms with E-state index in [0.717, 1.165) is 61.1 Å². The van der Waals surface area contributed by atoms with E-state index in [4.69, 9.17) is 11.6 Å². The number of rotatable bonds is 1. The van der Waals surface area contributed by atoms with E-state index in [1.165, 1.54) is 5.57 Å². The van der Waals surface area contributed by atoms with Crippen LogP contribution in [0.25, 0.3) is 6.08 Å². The van der Waals surface area contributed by atoms with Crippen LogP contribution in [0.2, 0.25) is 5.02 Å². The molecule has 0 aliphatic heterocycles. The second kappa shape index (κ2) is 6.82. The zero-order valence-electron chi connectivity index (χ0n) is 17.5. The lowest BCUT2D eigenvalue weighted by molar-refractivity contribution is -0.130. The van der Waals surface area contributed by atoms with Gasteiger partial charge in [0.25, 0.3) is 0 Å². The molecule has 0 heterocycles. The number of fused-ring (bicyclic) bond motifs is 5. The van der Waals surface area contributed by atoms with Gasteiger partial charge in [0.15, 0.2) is 5.78 Å². The first kappa shape index (κ1) is 19.6. The maximum atomic E-state index is 13.5. The van der Waals surface area contributed by atoms with Gasteiger partial charge in [-0.2, -0.15) is 0 Å². The van der Waals surface area contributed by atoms with E-state index >= 15 is 0 Å². The normalized spacial score (nSPS) is 42.8. The molecule has 0 radical (unpaired) electrons. The molecule has 0 saturated heterocycles. The lowest BCUT2D eigenvalue weighted by atomic mass is 9.48. The van der Waals surface area contributed by atoms with Crippen LogP contribution in [0.1, 0.15) is 64.4 Å². The van der Waals surface area contributed by atoms with E-state index in [1.807, 2.05) is 24.3 Å². The molecule has 3 fully saturated rings. The highest BCUT2D eigenvalue weighted by atomic mass is 35.5. The van der Waals surface area contributed by atoms with Crippen molar-refractivity contribution in [3.8, 4) is 0 Å². The summed E-state index contributed by atoms with van der Waals surface area (Å²) in [5, 5.41) is 10.9. The van der Waals surface area contributed by atoms with Crippen LogP contribution < -0.4 is 0 Å². The van der Waals surface area contributed by atoms with Gasteiger partial charge < -0.3 is 5.11 Å². The van der Waals surface area contributed by atoms with Crippen molar-refractivity contribution in [3.05, 3.63) is 52.1 Å². The van der Waals surface area contributed by atoms with E-state index in [-0.39, 0.29) is 16.9 Å². The van der Waals surface area contributed by atoms with Gasteiger partial charge in [-0.05, 0) is 97.5 Å².